The van der Waals surface area contributed by atoms with Crippen LogP contribution < -0.4 is 16.4 Å². The molecule has 3 aromatic heterocycles. The second-order valence-corrected chi connectivity index (χ2v) is 18.1. The van der Waals surface area contributed by atoms with Crippen molar-refractivity contribution in [1.29, 1.82) is 0 Å². The standard InChI is InChI=1S/C64H44BN3/c1-3-14-51(15-4-1)65-61-26-22-47(39-57(61)58-41-49(23-27-62(58)65)55-20-9-7-18-53(55)43-30-34-66-35-31-43)45-12-11-13-46(38-45)48-24-28-63-59(40-48)60-42-50(25-29-64(60)68(63)52-16-5-2-6-17-52)56-21-10-8-19-54(56)44-32-36-67-37-33-44/h1-41,50H,42H2. The van der Waals surface area contributed by atoms with Gasteiger partial charge >= 0.3 is 0 Å². The SMILES string of the molecule is C1=CC(c2ccccc2-c2ccncc2)Cc2c1n(-c1ccccc1)c1ccc(-c3cccc(-c4ccc5c(c4)-c4cc(-c6ccccc6-c6ccncc6)ccc4B5c4ccccc4)c3)cc21. The van der Waals surface area contributed by atoms with E-state index in [0.717, 1.165) is 12.0 Å². The highest BCUT2D eigenvalue weighted by atomic mass is 15.0. The smallest absolute Gasteiger partial charge is 0.242 e. The largest absolute Gasteiger partial charge is 0.310 e. The fourth-order valence-corrected chi connectivity index (χ4v) is 11.1. The lowest BCUT2D eigenvalue weighted by Gasteiger charge is -2.22. The molecule has 0 fully saturated rings. The van der Waals surface area contributed by atoms with Gasteiger partial charge in [-0.2, -0.15) is 0 Å². The van der Waals surface area contributed by atoms with Crippen LogP contribution in [0.5, 0.6) is 0 Å². The summed E-state index contributed by atoms with van der Waals surface area (Å²) in [6.45, 7) is 0.158. The van der Waals surface area contributed by atoms with Gasteiger partial charge in [0.05, 0.1) is 5.52 Å². The van der Waals surface area contributed by atoms with E-state index in [0.29, 0.717) is 0 Å². The molecule has 318 valence electrons. The zero-order valence-electron chi connectivity index (χ0n) is 37.4. The maximum atomic E-state index is 4.30. The topological polar surface area (TPSA) is 30.7 Å². The van der Waals surface area contributed by atoms with Crippen LogP contribution in [0.2, 0.25) is 0 Å². The maximum absolute atomic E-state index is 4.30. The van der Waals surface area contributed by atoms with Gasteiger partial charge in [-0.1, -0.05) is 168 Å². The zero-order valence-corrected chi connectivity index (χ0v) is 37.4. The van der Waals surface area contributed by atoms with Crippen molar-refractivity contribution in [3.05, 3.63) is 260 Å². The van der Waals surface area contributed by atoms with Gasteiger partial charge in [-0.25, -0.2) is 0 Å². The summed E-state index contributed by atoms with van der Waals surface area (Å²) >= 11 is 0. The van der Waals surface area contributed by atoms with Gasteiger partial charge in [0.1, 0.15) is 0 Å². The molecule has 4 heterocycles. The van der Waals surface area contributed by atoms with Crippen molar-refractivity contribution in [3.63, 3.8) is 0 Å². The number of hydrogen-bond acceptors (Lipinski definition) is 2. The first-order valence-corrected chi connectivity index (χ1v) is 23.6. The summed E-state index contributed by atoms with van der Waals surface area (Å²) in [5, 5.41) is 1.30. The summed E-state index contributed by atoms with van der Waals surface area (Å²) in [6, 6.07) is 78.2. The average molecular weight is 866 g/mol. The normalized spacial score (nSPS) is 13.6. The van der Waals surface area contributed by atoms with Gasteiger partial charge in [0.15, 0.2) is 0 Å². The number of allylic oxidation sites excluding steroid dienone is 1. The minimum absolute atomic E-state index is 0.158. The summed E-state index contributed by atoms with van der Waals surface area (Å²) < 4.78 is 2.45. The Morgan fingerprint density at radius 3 is 1.66 bits per heavy atom. The van der Waals surface area contributed by atoms with Gasteiger partial charge in [0.25, 0.3) is 0 Å². The molecule has 0 amide bonds. The van der Waals surface area contributed by atoms with E-state index in [4.69, 9.17) is 0 Å². The Morgan fingerprint density at radius 1 is 0.412 bits per heavy atom. The Bertz CT molecular complexity index is 3710. The Hall–Kier alpha value is -8.60. The maximum Gasteiger partial charge on any atom is 0.242 e. The molecule has 1 unspecified atom stereocenters. The van der Waals surface area contributed by atoms with E-state index in [1.807, 2.05) is 24.8 Å². The lowest BCUT2D eigenvalue weighted by atomic mass is 9.39. The molecule has 4 heteroatoms. The summed E-state index contributed by atoms with van der Waals surface area (Å²) in [4.78, 5) is 8.60. The molecule has 0 radical (unpaired) electrons. The van der Waals surface area contributed by atoms with Crippen LogP contribution >= 0.6 is 0 Å². The van der Waals surface area contributed by atoms with Crippen molar-refractivity contribution < 1.29 is 0 Å². The fourth-order valence-electron chi connectivity index (χ4n) is 11.1. The highest BCUT2D eigenvalue weighted by molar-refractivity contribution is 6.99. The minimum atomic E-state index is 0.158. The quantitative estimate of drug-likeness (QED) is 0.143. The number of rotatable bonds is 8. The van der Waals surface area contributed by atoms with E-state index in [-0.39, 0.29) is 12.6 Å². The number of aromatic nitrogens is 3. The van der Waals surface area contributed by atoms with Gasteiger partial charge in [-0.05, 0) is 157 Å². The average Bonchev–Trinajstić information content (AvgIpc) is 3.93. The molecule has 1 atom stereocenters. The first-order chi connectivity index (χ1) is 33.7. The third-order valence-corrected chi connectivity index (χ3v) is 14.3. The van der Waals surface area contributed by atoms with Crippen molar-refractivity contribution >= 4 is 40.1 Å². The number of fused-ring (bicyclic) bond motifs is 6. The molecule has 2 aliphatic rings. The summed E-state index contributed by atoms with van der Waals surface area (Å²) in [6.07, 6.45) is 13.2. The molecule has 3 nitrogen and oxygen atoms in total. The summed E-state index contributed by atoms with van der Waals surface area (Å²) in [5.74, 6) is 0.229. The van der Waals surface area contributed by atoms with Crippen molar-refractivity contribution in [2.75, 3.05) is 0 Å². The van der Waals surface area contributed by atoms with Crippen LogP contribution in [-0.2, 0) is 6.42 Å². The van der Waals surface area contributed by atoms with E-state index in [1.54, 1.807) is 0 Å². The minimum Gasteiger partial charge on any atom is -0.310 e. The second kappa shape index (κ2) is 16.7. The van der Waals surface area contributed by atoms with Gasteiger partial charge in [-0.15, -0.1) is 0 Å². The number of nitrogens with zero attached hydrogens (tertiary/aromatic N) is 3. The van der Waals surface area contributed by atoms with Gasteiger partial charge in [0, 0.05) is 47.5 Å². The molecule has 68 heavy (non-hydrogen) atoms. The molecule has 13 rings (SSSR count). The number of hydrogen-bond donors (Lipinski definition) is 0. The molecule has 1 aliphatic carbocycles. The van der Waals surface area contributed by atoms with E-state index in [1.165, 1.54) is 111 Å². The summed E-state index contributed by atoms with van der Waals surface area (Å²) in [5.41, 5.74) is 25.0. The predicted octanol–water partition coefficient (Wildman–Crippen LogP) is 13.6. The molecule has 8 aromatic carbocycles. The van der Waals surface area contributed by atoms with Gasteiger partial charge in [-0.3, -0.25) is 9.97 Å². The molecule has 0 N–H and O–H groups in total. The summed E-state index contributed by atoms with van der Waals surface area (Å²) in [7, 11) is 0. The first-order valence-electron chi connectivity index (χ1n) is 23.6. The Kier molecular flexibility index (Phi) is 9.75. The van der Waals surface area contributed by atoms with Crippen LogP contribution in [0.4, 0.5) is 0 Å². The van der Waals surface area contributed by atoms with E-state index >= 15 is 0 Å². The van der Waals surface area contributed by atoms with Crippen LogP contribution in [0.15, 0.2) is 243 Å². The van der Waals surface area contributed by atoms with Crippen LogP contribution in [-0.4, -0.2) is 21.2 Å². The molecule has 0 saturated carbocycles. The molecule has 0 saturated heterocycles. The van der Waals surface area contributed by atoms with Crippen molar-refractivity contribution in [3.8, 4) is 72.4 Å². The lowest BCUT2D eigenvalue weighted by Crippen LogP contribution is -2.48. The third-order valence-electron chi connectivity index (χ3n) is 14.3. The number of benzene rings is 8. The Balaban J connectivity index is 0.903. The highest BCUT2D eigenvalue weighted by Gasteiger charge is 2.34. The van der Waals surface area contributed by atoms with Crippen molar-refractivity contribution in [2.24, 2.45) is 0 Å². The van der Waals surface area contributed by atoms with E-state index in [2.05, 4.69) is 239 Å². The van der Waals surface area contributed by atoms with E-state index < -0.39 is 0 Å². The molecule has 1 aliphatic heterocycles. The van der Waals surface area contributed by atoms with Crippen LogP contribution in [0.1, 0.15) is 22.7 Å². The van der Waals surface area contributed by atoms with E-state index in [9.17, 15) is 0 Å². The third kappa shape index (κ3) is 6.84. The monoisotopic (exact) mass is 865 g/mol. The fraction of sp³-hybridized carbons (Fsp3) is 0.0312. The van der Waals surface area contributed by atoms with Crippen molar-refractivity contribution in [1.82, 2.24) is 14.5 Å². The van der Waals surface area contributed by atoms with Gasteiger partial charge < -0.3 is 4.57 Å². The van der Waals surface area contributed by atoms with Crippen LogP contribution in [0.25, 0.3) is 89.4 Å². The number of pyridine rings is 2. The molecular weight excluding hydrogens is 822 g/mol. The zero-order chi connectivity index (χ0) is 45.0. The second-order valence-electron chi connectivity index (χ2n) is 18.1. The molecule has 0 bridgehead atoms. The van der Waals surface area contributed by atoms with Crippen LogP contribution in [0, 0.1) is 0 Å². The lowest BCUT2D eigenvalue weighted by molar-refractivity contribution is 0.827. The predicted molar refractivity (Wildman–Crippen MR) is 284 cm³/mol. The highest BCUT2D eigenvalue weighted by Crippen LogP contribution is 2.43. The van der Waals surface area contributed by atoms with Crippen molar-refractivity contribution in [2.45, 2.75) is 12.3 Å². The Morgan fingerprint density at radius 2 is 0.956 bits per heavy atom. The Labute approximate surface area is 397 Å². The first kappa shape index (κ1) is 39.7. The molecular formula is C64H44BN3. The van der Waals surface area contributed by atoms with Crippen LogP contribution in [0.3, 0.4) is 0 Å². The van der Waals surface area contributed by atoms with Gasteiger partial charge in [0.2, 0.25) is 6.71 Å². The number of para-hydroxylation sites is 1. The molecule has 11 aromatic rings. The molecule has 0 spiro atoms.